The Bertz CT molecular complexity index is 2810. The largest absolute Gasteiger partial charge is 0.358 e. The molecule has 0 aliphatic rings. The van der Waals surface area contributed by atoms with E-state index in [-0.39, 0.29) is 0 Å². The second-order valence-electron chi connectivity index (χ2n) is 10.9. The summed E-state index contributed by atoms with van der Waals surface area (Å²) in [6.07, 6.45) is 0. The molecule has 5 nitrogen and oxygen atoms in total. The van der Waals surface area contributed by atoms with Gasteiger partial charge in [0, 0.05) is 32.3 Å². The van der Waals surface area contributed by atoms with Crippen LogP contribution in [0, 0.1) is 6.57 Å². The van der Waals surface area contributed by atoms with E-state index in [9.17, 15) is 0 Å². The zero-order valence-electron chi connectivity index (χ0n) is 22.2. The smallest absolute Gasteiger partial charge is 0.313 e. The number of hydrogen-bond acceptors (Lipinski definition) is 2. The van der Waals surface area contributed by atoms with Gasteiger partial charge in [-0.3, -0.25) is 0 Å². The second kappa shape index (κ2) is 7.60. The Morgan fingerprint density at radius 2 is 1.14 bits per heavy atom. The average Bonchev–Trinajstić information content (AvgIpc) is 3.67. The van der Waals surface area contributed by atoms with Crippen molar-refractivity contribution in [3.8, 4) is 5.82 Å². The van der Waals surface area contributed by atoms with E-state index in [0.29, 0.717) is 11.6 Å². The van der Waals surface area contributed by atoms with Gasteiger partial charge >= 0.3 is 5.82 Å². The maximum Gasteiger partial charge on any atom is 0.313 e. The maximum absolute atomic E-state index is 8.14. The van der Waals surface area contributed by atoms with E-state index < -0.39 is 0 Å². The molecule has 0 unspecified atom stereocenters. The van der Waals surface area contributed by atoms with Crippen LogP contribution >= 0.6 is 0 Å². The molecule has 4 aromatic heterocycles. The lowest BCUT2D eigenvalue weighted by atomic mass is 10.0. The molecule has 0 aliphatic heterocycles. The van der Waals surface area contributed by atoms with Crippen molar-refractivity contribution in [2.45, 2.75) is 0 Å². The SMILES string of the molecule is [C-]#[N+]c1nc2ccccc2nc1-n1c2cc3ccccc3cc2c2cc3c4ccccc4n4c5ccccc5c(c21)c34. The molecule has 0 N–H and O–H groups in total. The molecule has 192 valence electrons. The van der Waals surface area contributed by atoms with Gasteiger partial charge in [-0.25, -0.2) is 4.98 Å². The van der Waals surface area contributed by atoms with Crippen LogP contribution < -0.4 is 0 Å². The van der Waals surface area contributed by atoms with Crippen LogP contribution in [-0.2, 0) is 0 Å². The Labute approximate surface area is 238 Å². The van der Waals surface area contributed by atoms with Gasteiger partial charge in [-0.1, -0.05) is 79.4 Å². The average molecular weight is 534 g/mol. The van der Waals surface area contributed by atoms with E-state index in [2.05, 4.69) is 105 Å². The van der Waals surface area contributed by atoms with Gasteiger partial charge in [0.05, 0.1) is 27.6 Å². The van der Waals surface area contributed by atoms with Gasteiger partial charge in [0.1, 0.15) is 5.52 Å². The van der Waals surface area contributed by atoms with Crippen molar-refractivity contribution in [1.29, 1.82) is 0 Å². The highest BCUT2D eigenvalue weighted by Gasteiger charge is 2.26. The van der Waals surface area contributed by atoms with Crippen LogP contribution in [0.3, 0.4) is 0 Å². The number of nitrogens with zero attached hydrogens (tertiary/aromatic N) is 5. The molecule has 4 heterocycles. The standard InChI is InChI=1S/C37H19N5/c1-38-36-37(40-29-15-7-6-14-28(29)39-36)42-32-19-22-11-3-2-10-21(22)18-25(32)27-20-26-23-12-4-8-16-30(23)41-31-17-9-5-13-24(31)33(34(26)41)35(27)42/h2-20H. The number of benzene rings is 6. The first-order valence-electron chi connectivity index (χ1n) is 14.0. The lowest BCUT2D eigenvalue weighted by molar-refractivity contribution is 1.09. The summed E-state index contributed by atoms with van der Waals surface area (Å²) in [5.74, 6) is 0.849. The molecule has 0 saturated carbocycles. The summed E-state index contributed by atoms with van der Waals surface area (Å²) < 4.78 is 4.60. The predicted molar refractivity (Wildman–Crippen MR) is 172 cm³/mol. The van der Waals surface area contributed by atoms with Gasteiger partial charge < -0.3 is 13.8 Å². The number of fused-ring (bicyclic) bond motifs is 12. The topological polar surface area (TPSA) is 39.5 Å². The highest BCUT2D eigenvalue weighted by Crippen LogP contribution is 2.47. The Kier molecular flexibility index (Phi) is 3.94. The number of hydrogen-bond donors (Lipinski definition) is 0. The Morgan fingerprint density at radius 3 is 1.93 bits per heavy atom. The van der Waals surface area contributed by atoms with Crippen molar-refractivity contribution < 1.29 is 0 Å². The molecule has 0 saturated heterocycles. The second-order valence-corrected chi connectivity index (χ2v) is 10.9. The number of rotatable bonds is 1. The summed E-state index contributed by atoms with van der Waals surface area (Å²) in [5.41, 5.74) is 7.11. The highest BCUT2D eigenvalue weighted by atomic mass is 15.1. The number of para-hydroxylation sites is 4. The minimum Gasteiger partial charge on any atom is -0.358 e. The fourth-order valence-corrected chi connectivity index (χ4v) is 7.12. The van der Waals surface area contributed by atoms with Crippen LogP contribution in [0.25, 0.3) is 92.4 Å². The van der Waals surface area contributed by atoms with E-state index in [0.717, 1.165) is 38.2 Å². The first-order valence-corrected chi connectivity index (χ1v) is 14.0. The summed E-state index contributed by atoms with van der Waals surface area (Å²) in [6, 6.07) is 40.4. The van der Waals surface area contributed by atoms with E-state index in [1.165, 1.54) is 43.5 Å². The van der Waals surface area contributed by atoms with Gasteiger partial charge in [0.15, 0.2) is 11.3 Å². The third kappa shape index (κ3) is 2.57. The molecule has 10 rings (SSSR count). The van der Waals surface area contributed by atoms with E-state index >= 15 is 0 Å². The van der Waals surface area contributed by atoms with Crippen LogP contribution in [0.1, 0.15) is 0 Å². The zero-order chi connectivity index (χ0) is 27.5. The van der Waals surface area contributed by atoms with Gasteiger partial charge in [0.2, 0.25) is 0 Å². The van der Waals surface area contributed by atoms with Crippen LogP contribution in [0.4, 0.5) is 5.82 Å². The molecule has 0 spiro atoms. The number of aromatic nitrogens is 4. The Balaban J connectivity index is 1.55. The van der Waals surface area contributed by atoms with Crippen LogP contribution in [0.2, 0.25) is 0 Å². The van der Waals surface area contributed by atoms with Crippen molar-refractivity contribution in [1.82, 2.24) is 18.9 Å². The third-order valence-corrected chi connectivity index (χ3v) is 8.82. The molecule has 0 amide bonds. The normalized spacial score (nSPS) is 12.3. The fourth-order valence-electron chi connectivity index (χ4n) is 7.12. The van der Waals surface area contributed by atoms with Gasteiger partial charge in [-0.05, 0) is 53.2 Å². The maximum atomic E-state index is 8.14. The summed E-state index contributed by atoms with van der Waals surface area (Å²) in [6.45, 7) is 8.14. The van der Waals surface area contributed by atoms with Crippen LogP contribution in [0.5, 0.6) is 0 Å². The first-order chi connectivity index (χ1) is 20.8. The van der Waals surface area contributed by atoms with Crippen LogP contribution in [0.15, 0.2) is 115 Å². The van der Waals surface area contributed by atoms with E-state index in [4.69, 9.17) is 16.5 Å². The van der Waals surface area contributed by atoms with Crippen molar-refractivity contribution in [2.75, 3.05) is 0 Å². The lowest BCUT2D eigenvalue weighted by Gasteiger charge is -2.11. The molecule has 5 heteroatoms. The molecule has 0 bridgehead atoms. The Morgan fingerprint density at radius 1 is 0.524 bits per heavy atom. The van der Waals surface area contributed by atoms with Crippen molar-refractivity contribution in [3.63, 3.8) is 0 Å². The van der Waals surface area contributed by atoms with Gasteiger partial charge in [0.25, 0.3) is 0 Å². The molecule has 0 radical (unpaired) electrons. The highest BCUT2D eigenvalue weighted by molar-refractivity contribution is 6.34. The fraction of sp³-hybridized carbons (Fsp3) is 0. The minimum atomic E-state index is 0.291. The lowest BCUT2D eigenvalue weighted by Crippen LogP contribution is -2.00. The molecular formula is C37H19N5. The predicted octanol–water partition coefficient (Wildman–Crippen LogP) is 9.58. The summed E-state index contributed by atoms with van der Waals surface area (Å²) in [7, 11) is 0. The minimum absolute atomic E-state index is 0.291. The molecule has 6 aromatic carbocycles. The Hall–Kier alpha value is -5.99. The summed E-state index contributed by atoms with van der Waals surface area (Å²) in [4.78, 5) is 13.8. The molecule has 0 atom stereocenters. The first kappa shape index (κ1) is 21.8. The van der Waals surface area contributed by atoms with Crippen LogP contribution in [-0.4, -0.2) is 18.9 Å². The van der Waals surface area contributed by atoms with Gasteiger partial charge in [-0.2, -0.15) is 0 Å². The molecule has 42 heavy (non-hydrogen) atoms. The summed E-state index contributed by atoms with van der Waals surface area (Å²) >= 11 is 0. The molecule has 10 aromatic rings. The molecular weight excluding hydrogens is 514 g/mol. The van der Waals surface area contributed by atoms with Crippen molar-refractivity contribution in [2.24, 2.45) is 0 Å². The zero-order valence-corrected chi connectivity index (χ0v) is 22.2. The third-order valence-electron chi connectivity index (χ3n) is 8.82. The van der Waals surface area contributed by atoms with E-state index in [1.54, 1.807) is 0 Å². The van der Waals surface area contributed by atoms with Gasteiger partial charge in [-0.15, -0.1) is 4.98 Å². The molecule has 0 aliphatic carbocycles. The monoisotopic (exact) mass is 533 g/mol. The quantitative estimate of drug-likeness (QED) is 0.197. The van der Waals surface area contributed by atoms with Crippen molar-refractivity contribution >= 4 is 87.5 Å². The van der Waals surface area contributed by atoms with E-state index in [1.807, 2.05) is 24.3 Å². The molecule has 0 fully saturated rings. The summed E-state index contributed by atoms with van der Waals surface area (Å²) in [5, 5.41) is 9.41. The van der Waals surface area contributed by atoms with Crippen molar-refractivity contribution in [3.05, 3.63) is 127 Å².